The molecule has 0 saturated carbocycles. The predicted molar refractivity (Wildman–Crippen MR) is 65.0 cm³/mol. The van der Waals surface area contributed by atoms with Gasteiger partial charge in [-0.15, -0.1) is 0 Å². The van der Waals surface area contributed by atoms with Crippen LogP contribution >= 0.6 is 22.6 Å². The van der Waals surface area contributed by atoms with Crippen molar-refractivity contribution in [2.45, 2.75) is 19.9 Å². The van der Waals surface area contributed by atoms with Gasteiger partial charge in [0.2, 0.25) is 0 Å². The number of hydrogen-bond acceptors (Lipinski definition) is 0. The zero-order valence-corrected chi connectivity index (χ0v) is 10.2. The molecular formula is C11H11FIN. The van der Waals surface area contributed by atoms with Crippen molar-refractivity contribution in [3.8, 4) is 0 Å². The summed E-state index contributed by atoms with van der Waals surface area (Å²) < 4.78 is 16.3. The predicted octanol–water partition coefficient (Wildman–Crippen LogP) is 3.97. The average Bonchev–Trinajstić information content (AvgIpc) is 2.43. The maximum atomic E-state index is 13.1. The van der Waals surface area contributed by atoms with Gasteiger partial charge in [0.1, 0.15) is 5.82 Å². The first-order valence-electron chi connectivity index (χ1n) is 4.55. The van der Waals surface area contributed by atoms with Crippen molar-refractivity contribution in [2.75, 3.05) is 0 Å². The molecule has 3 heteroatoms. The van der Waals surface area contributed by atoms with Gasteiger partial charge in [-0.2, -0.15) is 0 Å². The quantitative estimate of drug-likeness (QED) is 0.703. The van der Waals surface area contributed by atoms with Crippen molar-refractivity contribution in [2.24, 2.45) is 0 Å². The monoisotopic (exact) mass is 303 g/mol. The van der Waals surface area contributed by atoms with Crippen LogP contribution in [-0.2, 0) is 0 Å². The summed E-state index contributed by atoms with van der Waals surface area (Å²) in [6, 6.07) is 5.31. The Morgan fingerprint density at radius 3 is 2.71 bits per heavy atom. The minimum absolute atomic E-state index is 0.172. The van der Waals surface area contributed by atoms with Crippen molar-refractivity contribution < 1.29 is 4.39 Å². The lowest BCUT2D eigenvalue weighted by Crippen LogP contribution is -1.97. The van der Waals surface area contributed by atoms with Gasteiger partial charge in [-0.1, -0.05) is 0 Å². The summed E-state index contributed by atoms with van der Waals surface area (Å²) in [6.45, 7) is 4.20. The highest BCUT2D eigenvalue weighted by molar-refractivity contribution is 14.1. The molecule has 0 radical (unpaired) electrons. The molecule has 0 saturated heterocycles. The largest absolute Gasteiger partial charge is 0.344 e. The third-order valence-electron chi connectivity index (χ3n) is 2.30. The van der Waals surface area contributed by atoms with Gasteiger partial charge in [-0.05, 0) is 54.6 Å². The van der Waals surface area contributed by atoms with E-state index < -0.39 is 0 Å². The molecule has 2 aromatic rings. The lowest BCUT2D eigenvalue weighted by atomic mass is 10.2. The summed E-state index contributed by atoms with van der Waals surface area (Å²) in [7, 11) is 0. The van der Waals surface area contributed by atoms with Crippen molar-refractivity contribution in [1.29, 1.82) is 0 Å². The van der Waals surface area contributed by atoms with Crippen LogP contribution in [0, 0.1) is 9.39 Å². The zero-order valence-electron chi connectivity index (χ0n) is 8.09. The number of halogens is 2. The van der Waals surface area contributed by atoms with E-state index in [4.69, 9.17) is 0 Å². The molecule has 1 nitrogen and oxygen atoms in total. The summed E-state index contributed by atoms with van der Waals surface area (Å²) >= 11 is 2.28. The van der Waals surface area contributed by atoms with E-state index >= 15 is 0 Å². The van der Waals surface area contributed by atoms with Crippen LogP contribution in [0.3, 0.4) is 0 Å². The molecule has 0 aliphatic heterocycles. The molecule has 0 bridgehead atoms. The molecule has 0 aliphatic rings. The summed E-state index contributed by atoms with van der Waals surface area (Å²) in [5.41, 5.74) is 0.976. The second kappa shape index (κ2) is 3.53. The van der Waals surface area contributed by atoms with Crippen LogP contribution in [0.25, 0.3) is 10.9 Å². The van der Waals surface area contributed by atoms with Crippen molar-refractivity contribution in [3.63, 3.8) is 0 Å². The Bertz CT molecular complexity index is 473. The van der Waals surface area contributed by atoms with Gasteiger partial charge >= 0.3 is 0 Å². The van der Waals surface area contributed by atoms with Crippen molar-refractivity contribution in [3.05, 3.63) is 33.8 Å². The first kappa shape index (κ1) is 9.96. The minimum Gasteiger partial charge on any atom is -0.344 e. The second-order valence-electron chi connectivity index (χ2n) is 3.64. The smallest absolute Gasteiger partial charge is 0.125 e. The SMILES string of the molecule is CC(C)n1cc(I)c2ccc(F)cc21. The molecule has 0 amide bonds. The Kier molecular flexibility index (Phi) is 2.51. The third-order valence-corrected chi connectivity index (χ3v) is 3.16. The van der Waals surface area contributed by atoms with Gasteiger partial charge in [0, 0.05) is 21.2 Å². The van der Waals surface area contributed by atoms with Crippen LogP contribution in [0.15, 0.2) is 24.4 Å². The Morgan fingerprint density at radius 2 is 2.07 bits per heavy atom. The zero-order chi connectivity index (χ0) is 10.3. The number of rotatable bonds is 1. The van der Waals surface area contributed by atoms with Crippen molar-refractivity contribution in [1.82, 2.24) is 4.57 Å². The normalized spacial score (nSPS) is 11.5. The van der Waals surface area contributed by atoms with E-state index in [2.05, 4.69) is 47.2 Å². The van der Waals surface area contributed by atoms with E-state index in [0.717, 1.165) is 10.9 Å². The fourth-order valence-corrected chi connectivity index (χ4v) is 2.36. The highest BCUT2D eigenvalue weighted by Crippen LogP contribution is 2.26. The molecule has 14 heavy (non-hydrogen) atoms. The molecule has 0 fully saturated rings. The number of nitrogens with zero attached hydrogens (tertiary/aromatic N) is 1. The third kappa shape index (κ3) is 1.54. The Hall–Kier alpha value is -0.580. The topological polar surface area (TPSA) is 4.93 Å². The van der Waals surface area contributed by atoms with Crippen LogP contribution in [0.1, 0.15) is 19.9 Å². The summed E-state index contributed by atoms with van der Waals surface area (Å²) in [5, 5.41) is 1.13. The highest BCUT2D eigenvalue weighted by Gasteiger charge is 2.08. The molecule has 0 spiro atoms. The van der Waals surface area contributed by atoms with Gasteiger partial charge in [0.05, 0.1) is 5.52 Å². The van der Waals surface area contributed by atoms with E-state index in [1.165, 1.54) is 9.64 Å². The van der Waals surface area contributed by atoms with Crippen LogP contribution in [0.4, 0.5) is 4.39 Å². The van der Waals surface area contributed by atoms with Crippen molar-refractivity contribution >= 4 is 33.5 Å². The van der Waals surface area contributed by atoms with Crippen LogP contribution in [0.5, 0.6) is 0 Å². The van der Waals surface area contributed by atoms with Crippen LogP contribution < -0.4 is 0 Å². The highest BCUT2D eigenvalue weighted by atomic mass is 127. The Labute approximate surface area is 96.1 Å². The molecule has 0 aliphatic carbocycles. The first-order valence-corrected chi connectivity index (χ1v) is 5.63. The van der Waals surface area contributed by atoms with E-state index in [1.54, 1.807) is 6.07 Å². The van der Waals surface area contributed by atoms with Crippen LogP contribution in [0.2, 0.25) is 0 Å². The fraction of sp³-hybridized carbons (Fsp3) is 0.273. The second-order valence-corrected chi connectivity index (χ2v) is 4.80. The molecule has 0 atom stereocenters. The Morgan fingerprint density at radius 1 is 1.36 bits per heavy atom. The lowest BCUT2D eigenvalue weighted by Gasteiger charge is -2.08. The van der Waals surface area contributed by atoms with E-state index in [1.807, 2.05) is 6.07 Å². The first-order chi connectivity index (χ1) is 6.59. The minimum atomic E-state index is -0.172. The summed E-state index contributed by atoms with van der Waals surface area (Å²) in [4.78, 5) is 0. The number of benzene rings is 1. The van der Waals surface area contributed by atoms with Gasteiger partial charge in [0.15, 0.2) is 0 Å². The van der Waals surface area contributed by atoms with Gasteiger partial charge < -0.3 is 4.57 Å². The van der Waals surface area contributed by atoms with Crippen LogP contribution in [-0.4, -0.2) is 4.57 Å². The average molecular weight is 303 g/mol. The van der Waals surface area contributed by atoms with Gasteiger partial charge in [0.25, 0.3) is 0 Å². The molecule has 1 aromatic carbocycles. The maximum absolute atomic E-state index is 13.1. The number of aromatic nitrogens is 1. The van der Waals surface area contributed by atoms with E-state index in [9.17, 15) is 4.39 Å². The molecule has 0 unspecified atom stereocenters. The molecule has 0 N–H and O–H groups in total. The van der Waals surface area contributed by atoms with Gasteiger partial charge in [-0.3, -0.25) is 0 Å². The fourth-order valence-electron chi connectivity index (χ4n) is 1.61. The standard InChI is InChI=1S/C11H11FIN/c1-7(2)14-6-10(13)9-4-3-8(12)5-11(9)14/h3-7H,1-2H3. The molecule has 1 heterocycles. The molecule has 1 aromatic heterocycles. The van der Waals surface area contributed by atoms with E-state index in [0.29, 0.717) is 6.04 Å². The summed E-state index contributed by atoms with van der Waals surface area (Å²) in [5.74, 6) is -0.172. The number of fused-ring (bicyclic) bond motifs is 1. The molecule has 74 valence electrons. The van der Waals surface area contributed by atoms with E-state index in [-0.39, 0.29) is 5.82 Å². The molecular weight excluding hydrogens is 292 g/mol. The van der Waals surface area contributed by atoms with Gasteiger partial charge in [-0.25, -0.2) is 4.39 Å². The lowest BCUT2D eigenvalue weighted by molar-refractivity contribution is 0.611. The Balaban J connectivity index is 2.79. The molecule has 2 rings (SSSR count). The number of hydrogen-bond donors (Lipinski definition) is 0. The maximum Gasteiger partial charge on any atom is 0.125 e. The summed E-state index contributed by atoms with van der Waals surface area (Å²) in [6.07, 6.45) is 2.06.